The second-order valence-electron chi connectivity index (χ2n) is 8.91. The van der Waals surface area contributed by atoms with E-state index in [2.05, 4.69) is 0 Å². The highest BCUT2D eigenvalue weighted by atomic mass is 19.4. The summed E-state index contributed by atoms with van der Waals surface area (Å²) >= 11 is 0. The molecule has 210 valence electrons. The third-order valence-electron chi connectivity index (χ3n) is 6.23. The second kappa shape index (κ2) is 10.8. The van der Waals surface area contributed by atoms with E-state index in [1.807, 2.05) is 0 Å². The van der Waals surface area contributed by atoms with Crippen LogP contribution in [-0.2, 0) is 11.0 Å². The highest BCUT2D eigenvalue weighted by Gasteiger charge is 2.40. The lowest BCUT2D eigenvalue weighted by Gasteiger charge is -2.14. The number of fused-ring (bicyclic) bond motifs is 2. The Morgan fingerprint density at radius 3 is 2.10 bits per heavy atom. The zero-order valence-corrected chi connectivity index (χ0v) is 21.3. The summed E-state index contributed by atoms with van der Waals surface area (Å²) in [5.74, 6) is -4.16. The number of ether oxygens (including phenoxy) is 3. The minimum Gasteiger partial charge on any atom is -0.497 e. The number of methoxy groups -OCH3 is 1. The Bertz CT molecular complexity index is 1690. The number of carbonyl (C=O) groups excluding carboxylic acids is 3. The van der Waals surface area contributed by atoms with E-state index >= 15 is 0 Å². The first-order chi connectivity index (χ1) is 19.6. The molecule has 5 rings (SSSR count). The molecule has 0 aliphatic carbocycles. The highest BCUT2D eigenvalue weighted by Crippen LogP contribution is 2.39. The number of rotatable bonds is 8. The number of nitrogens with zero attached hydrogens (tertiary/aromatic N) is 1. The smallest absolute Gasteiger partial charge is 0.453 e. The molecule has 0 unspecified atom stereocenters. The Kier molecular flexibility index (Phi) is 7.22. The Balaban J connectivity index is 1.30. The molecule has 1 aliphatic heterocycles. The summed E-state index contributed by atoms with van der Waals surface area (Å²) in [6, 6.07) is 15.3. The minimum absolute atomic E-state index is 0.0278. The lowest BCUT2D eigenvalue weighted by atomic mass is 10.1. The first-order valence-electron chi connectivity index (χ1n) is 12.2. The Labute approximate surface area is 229 Å². The third-order valence-corrected chi connectivity index (χ3v) is 6.23. The fraction of sp³-hybridized carbons (Fsp3) is 0.172. The summed E-state index contributed by atoms with van der Waals surface area (Å²) < 4.78 is 62.0. The van der Waals surface area contributed by atoms with Crippen molar-refractivity contribution in [1.82, 2.24) is 4.90 Å². The van der Waals surface area contributed by atoms with Gasteiger partial charge in [-0.15, -0.1) is 0 Å². The molecule has 0 saturated carbocycles. The zero-order chi connectivity index (χ0) is 29.3. The van der Waals surface area contributed by atoms with E-state index in [1.54, 1.807) is 24.3 Å². The second-order valence-corrected chi connectivity index (χ2v) is 8.91. The van der Waals surface area contributed by atoms with Gasteiger partial charge in [-0.3, -0.25) is 24.1 Å². The van der Waals surface area contributed by atoms with Crippen molar-refractivity contribution >= 4 is 28.8 Å². The predicted octanol–water partition coefficient (Wildman–Crippen LogP) is 5.59. The van der Waals surface area contributed by atoms with Crippen LogP contribution < -0.4 is 19.6 Å². The number of hydrogen-bond acceptors (Lipinski definition) is 8. The van der Waals surface area contributed by atoms with Gasteiger partial charge in [0.05, 0.1) is 23.6 Å². The van der Waals surface area contributed by atoms with Crippen molar-refractivity contribution in [3.63, 3.8) is 0 Å². The number of alkyl halides is 3. The molecule has 9 nitrogen and oxygen atoms in total. The van der Waals surface area contributed by atoms with Crippen molar-refractivity contribution in [2.45, 2.75) is 19.0 Å². The Morgan fingerprint density at radius 1 is 0.878 bits per heavy atom. The molecule has 2 amide bonds. The largest absolute Gasteiger partial charge is 0.497 e. The van der Waals surface area contributed by atoms with Gasteiger partial charge in [0.2, 0.25) is 11.2 Å². The van der Waals surface area contributed by atoms with Crippen LogP contribution in [0.3, 0.4) is 0 Å². The van der Waals surface area contributed by atoms with Crippen LogP contribution in [0.15, 0.2) is 75.9 Å². The van der Waals surface area contributed by atoms with Crippen molar-refractivity contribution in [1.29, 1.82) is 0 Å². The summed E-state index contributed by atoms with van der Waals surface area (Å²) in [5.41, 5.74) is -0.976. The average molecular weight is 567 g/mol. The van der Waals surface area contributed by atoms with E-state index in [-0.39, 0.29) is 47.4 Å². The molecule has 4 aromatic rings. The van der Waals surface area contributed by atoms with Crippen molar-refractivity contribution in [2.75, 3.05) is 13.7 Å². The van der Waals surface area contributed by atoms with Crippen molar-refractivity contribution < 1.29 is 46.2 Å². The van der Waals surface area contributed by atoms with Gasteiger partial charge in [0.15, 0.2) is 0 Å². The third kappa shape index (κ3) is 5.49. The van der Waals surface area contributed by atoms with E-state index in [0.717, 1.165) is 17.0 Å². The lowest BCUT2D eigenvalue weighted by molar-refractivity contribution is -0.154. The average Bonchev–Trinajstić information content (AvgIpc) is 3.19. The quantitative estimate of drug-likeness (QED) is 0.154. The number of carbonyl (C=O) groups is 3. The van der Waals surface area contributed by atoms with Gasteiger partial charge in [-0.1, -0.05) is 12.1 Å². The highest BCUT2D eigenvalue weighted by molar-refractivity contribution is 6.21. The van der Waals surface area contributed by atoms with Crippen LogP contribution in [0.1, 0.15) is 39.3 Å². The predicted molar refractivity (Wildman–Crippen MR) is 137 cm³/mol. The van der Waals surface area contributed by atoms with Crippen molar-refractivity contribution in [3.8, 4) is 23.0 Å². The van der Waals surface area contributed by atoms with Gasteiger partial charge in [-0.05, 0) is 55.0 Å². The van der Waals surface area contributed by atoms with Crippen molar-refractivity contribution in [2.24, 2.45) is 0 Å². The maximum absolute atomic E-state index is 13.8. The van der Waals surface area contributed by atoms with Crippen LogP contribution in [0.5, 0.6) is 23.0 Å². The standard InChI is InChI=1S/C29H20F3NO8/c1-38-16-8-10-17(11-9-16)40-25-24(35)21-13-12-18(15-22(21)41-26(25)29(30,31)32)39-23(34)7-4-14-33-27(36)19-5-2-3-6-20(19)28(33)37/h2-3,5-6,8-13,15H,4,7,14H2,1H3. The monoisotopic (exact) mass is 567 g/mol. The van der Waals surface area contributed by atoms with E-state index in [1.165, 1.54) is 37.4 Å². The van der Waals surface area contributed by atoms with E-state index in [0.29, 0.717) is 5.75 Å². The van der Waals surface area contributed by atoms with E-state index in [9.17, 15) is 32.3 Å². The van der Waals surface area contributed by atoms with Crippen LogP contribution in [0.4, 0.5) is 13.2 Å². The molecule has 0 radical (unpaired) electrons. The minimum atomic E-state index is -5.08. The number of amides is 2. The number of halogens is 3. The molecular formula is C29H20F3NO8. The molecule has 3 aromatic carbocycles. The fourth-order valence-electron chi connectivity index (χ4n) is 4.27. The van der Waals surface area contributed by atoms with E-state index in [4.69, 9.17) is 18.6 Å². The van der Waals surface area contributed by atoms with Gasteiger partial charge in [-0.2, -0.15) is 13.2 Å². The maximum atomic E-state index is 13.8. The zero-order valence-electron chi connectivity index (χ0n) is 21.3. The summed E-state index contributed by atoms with van der Waals surface area (Å²) in [7, 11) is 1.42. The molecule has 1 aromatic heterocycles. The Morgan fingerprint density at radius 2 is 1.49 bits per heavy atom. The lowest BCUT2D eigenvalue weighted by Crippen LogP contribution is -2.31. The molecule has 1 aliphatic rings. The van der Waals surface area contributed by atoms with Crippen LogP contribution in [0.2, 0.25) is 0 Å². The van der Waals surface area contributed by atoms with Gasteiger partial charge in [0.25, 0.3) is 17.6 Å². The van der Waals surface area contributed by atoms with Gasteiger partial charge < -0.3 is 18.6 Å². The molecule has 0 bridgehead atoms. The first-order valence-corrected chi connectivity index (χ1v) is 12.2. The molecule has 0 saturated heterocycles. The SMILES string of the molecule is COc1ccc(Oc2c(C(F)(F)F)oc3cc(OC(=O)CCCN4C(=O)c5ccccc5C4=O)ccc3c2=O)cc1. The van der Waals surface area contributed by atoms with Crippen LogP contribution in [0, 0.1) is 0 Å². The summed E-state index contributed by atoms with van der Waals surface area (Å²) in [4.78, 5) is 51.3. The maximum Gasteiger partial charge on any atom is 0.453 e. The molecule has 0 spiro atoms. The molecule has 0 N–H and O–H groups in total. The normalized spacial score (nSPS) is 12.9. The molecule has 12 heteroatoms. The summed E-state index contributed by atoms with van der Waals surface area (Å²) in [5, 5.41) is -0.230. The molecule has 0 atom stereocenters. The number of esters is 1. The Hall–Kier alpha value is -5.13. The molecule has 2 heterocycles. The topological polar surface area (TPSA) is 112 Å². The number of hydrogen-bond donors (Lipinski definition) is 0. The fourth-order valence-corrected chi connectivity index (χ4v) is 4.27. The summed E-state index contributed by atoms with van der Waals surface area (Å²) in [6.07, 6.45) is -5.18. The van der Waals surface area contributed by atoms with Crippen LogP contribution in [0.25, 0.3) is 11.0 Å². The van der Waals surface area contributed by atoms with Gasteiger partial charge >= 0.3 is 12.1 Å². The van der Waals surface area contributed by atoms with Gasteiger partial charge in [-0.25, -0.2) is 0 Å². The van der Waals surface area contributed by atoms with Gasteiger partial charge in [0.1, 0.15) is 22.8 Å². The molecule has 0 fully saturated rings. The van der Waals surface area contributed by atoms with Gasteiger partial charge in [0, 0.05) is 19.0 Å². The van der Waals surface area contributed by atoms with Crippen LogP contribution in [-0.4, -0.2) is 36.3 Å². The number of benzene rings is 3. The van der Waals surface area contributed by atoms with Crippen molar-refractivity contribution in [3.05, 3.63) is 93.8 Å². The number of imide groups is 1. The van der Waals surface area contributed by atoms with Crippen LogP contribution >= 0.6 is 0 Å². The summed E-state index contributed by atoms with van der Waals surface area (Å²) in [6.45, 7) is -0.0278. The molecular weight excluding hydrogens is 547 g/mol. The van der Waals surface area contributed by atoms with E-state index < -0.39 is 46.5 Å². The molecule has 41 heavy (non-hydrogen) atoms. The first kappa shape index (κ1) is 27.4.